The zero-order valence-electron chi connectivity index (χ0n) is 9.28. The quantitative estimate of drug-likeness (QED) is 0.611. The smallest absolute Gasteiger partial charge is 0.239 e. The van der Waals surface area contributed by atoms with Crippen LogP contribution in [0.3, 0.4) is 0 Å². The van der Waals surface area contributed by atoms with E-state index >= 15 is 0 Å². The van der Waals surface area contributed by atoms with Crippen molar-refractivity contribution in [3.8, 4) is 0 Å². The van der Waals surface area contributed by atoms with Crippen molar-refractivity contribution in [2.45, 2.75) is 32.2 Å². The highest BCUT2D eigenvalue weighted by Crippen LogP contribution is 2.29. The highest BCUT2D eigenvalue weighted by Gasteiger charge is 2.22. The fraction of sp³-hybridized carbons (Fsp3) is 0.600. The van der Waals surface area contributed by atoms with Crippen LogP contribution >= 0.6 is 11.6 Å². The van der Waals surface area contributed by atoms with Gasteiger partial charge in [-0.2, -0.15) is 4.98 Å². The number of halogens is 1. The molecular weight excluding hydrogens is 226 g/mol. The molecule has 1 aromatic rings. The Morgan fingerprint density at radius 2 is 2.38 bits per heavy atom. The first-order valence-corrected chi connectivity index (χ1v) is 5.86. The van der Waals surface area contributed by atoms with Crippen LogP contribution < -0.4 is 16.2 Å². The Morgan fingerprint density at radius 1 is 1.56 bits per heavy atom. The summed E-state index contributed by atoms with van der Waals surface area (Å²) in [6, 6.07) is 0.465. The van der Waals surface area contributed by atoms with Crippen molar-refractivity contribution in [3.05, 3.63) is 11.2 Å². The Balaban J connectivity index is 2.30. The monoisotopic (exact) mass is 241 g/mol. The van der Waals surface area contributed by atoms with E-state index in [-0.39, 0.29) is 0 Å². The predicted molar refractivity (Wildman–Crippen MR) is 65.5 cm³/mol. The molecule has 0 aromatic carbocycles. The second kappa shape index (κ2) is 4.84. The van der Waals surface area contributed by atoms with Crippen molar-refractivity contribution in [2.24, 2.45) is 5.84 Å². The molecule has 16 heavy (non-hydrogen) atoms. The third-order valence-electron chi connectivity index (χ3n) is 2.93. The number of hydrogen-bond donors (Lipinski definition) is 2. The third kappa shape index (κ3) is 2.20. The van der Waals surface area contributed by atoms with Gasteiger partial charge in [0.15, 0.2) is 5.82 Å². The fourth-order valence-electron chi connectivity index (χ4n) is 2.04. The van der Waals surface area contributed by atoms with Gasteiger partial charge in [-0.15, -0.1) is 0 Å². The van der Waals surface area contributed by atoms with Crippen LogP contribution in [0.2, 0.25) is 5.02 Å². The van der Waals surface area contributed by atoms with Gasteiger partial charge in [0.2, 0.25) is 5.95 Å². The number of nitrogen functional groups attached to an aromatic ring is 1. The van der Waals surface area contributed by atoms with Gasteiger partial charge in [-0.05, 0) is 26.2 Å². The molecule has 0 radical (unpaired) electrons. The van der Waals surface area contributed by atoms with Crippen LogP contribution in [-0.2, 0) is 0 Å². The molecule has 0 aliphatic carbocycles. The maximum Gasteiger partial charge on any atom is 0.239 e. The number of anilines is 2. The number of piperidine rings is 1. The number of hydrogen-bond acceptors (Lipinski definition) is 5. The van der Waals surface area contributed by atoms with E-state index in [1.165, 1.54) is 19.3 Å². The highest BCUT2D eigenvalue weighted by molar-refractivity contribution is 6.32. The molecule has 1 saturated heterocycles. The van der Waals surface area contributed by atoms with Gasteiger partial charge in [0.05, 0.1) is 6.20 Å². The number of hydrazine groups is 1. The molecule has 1 fully saturated rings. The standard InChI is InChI=1S/C10H16ClN5/c1-7-4-2-3-5-16(7)9-8(11)6-13-10(14-9)15-12/h6-7H,2-5,12H2,1H3,(H,13,14,15). The van der Waals surface area contributed by atoms with Crippen LogP contribution in [0.4, 0.5) is 11.8 Å². The van der Waals surface area contributed by atoms with Gasteiger partial charge in [0, 0.05) is 12.6 Å². The van der Waals surface area contributed by atoms with Crippen molar-refractivity contribution in [2.75, 3.05) is 16.9 Å². The molecule has 0 amide bonds. The molecule has 88 valence electrons. The van der Waals surface area contributed by atoms with E-state index < -0.39 is 0 Å². The molecule has 1 unspecified atom stereocenters. The normalized spacial score (nSPS) is 20.9. The summed E-state index contributed by atoms with van der Waals surface area (Å²) in [5.74, 6) is 6.47. The molecule has 6 heteroatoms. The Morgan fingerprint density at radius 3 is 3.06 bits per heavy atom. The van der Waals surface area contributed by atoms with Crippen molar-refractivity contribution in [1.82, 2.24) is 9.97 Å². The number of nitrogens with zero attached hydrogens (tertiary/aromatic N) is 3. The molecule has 3 N–H and O–H groups in total. The van der Waals surface area contributed by atoms with E-state index in [9.17, 15) is 0 Å². The fourth-order valence-corrected chi connectivity index (χ4v) is 2.24. The van der Waals surface area contributed by atoms with Gasteiger partial charge in [0.25, 0.3) is 0 Å². The Kier molecular flexibility index (Phi) is 3.46. The Hall–Kier alpha value is -1.07. The molecular formula is C10H16ClN5. The summed E-state index contributed by atoms with van der Waals surface area (Å²) in [7, 11) is 0. The molecule has 1 aliphatic heterocycles. The maximum absolute atomic E-state index is 6.12. The van der Waals surface area contributed by atoms with Crippen LogP contribution in [-0.4, -0.2) is 22.6 Å². The predicted octanol–water partition coefficient (Wildman–Crippen LogP) is 1.79. The number of aromatic nitrogens is 2. The van der Waals surface area contributed by atoms with Gasteiger partial charge in [0.1, 0.15) is 5.02 Å². The van der Waals surface area contributed by atoms with Crippen molar-refractivity contribution >= 4 is 23.4 Å². The molecule has 1 aromatic heterocycles. The SMILES string of the molecule is CC1CCCCN1c1nc(NN)ncc1Cl. The van der Waals surface area contributed by atoms with Crippen molar-refractivity contribution in [1.29, 1.82) is 0 Å². The minimum absolute atomic E-state index is 0.400. The summed E-state index contributed by atoms with van der Waals surface area (Å²) in [4.78, 5) is 10.5. The van der Waals surface area contributed by atoms with Gasteiger partial charge in [-0.1, -0.05) is 11.6 Å². The maximum atomic E-state index is 6.12. The first kappa shape index (κ1) is 11.4. The number of nitrogens with one attached hydrogen (secondary N) is 1. The Labute approximate surface area is 100.0 Å². The van der Waals surface area contributed by atoms with Crippen LogP contribution in [0.5, 0.6) is 0 Å². The second-order valence-electron chi connectivity index (χ2n) is 4.05. The lowest BCUT2D eigenvalue weighted by molar-refractivity contribution is 0.481. The first-order chi connectivity index (χ1) is 7.72. The van der Waals surface area contributed by atoms with Gasteiger partial charge < -0.3 is 4.90 Å². The highest BCUT2D eigenvalue weighted by atomic mass is 35.5. The molecule has 0 spiro atoms. The minimum Gasteiger partial charge on any atom is -0.353 e. The molecule has 0 saturated carbocycles. The largest absolute Gasteiger partial charge is 0.353 e. The number of nitrogens with two attached hydrogens (primary N) is 1. The van der Waals surface area contributed by atoms with Crippen LogP contribution in [0.15, 0.2) is 6.20 Å². The van der Waals surface area contributed by atoms with Gasteiger partial charge >= 0.3 is 0 Å². The van der Waals surface area contributed by atoms with Crippen LogP contribution in [0, 0.1) is 0 Å². The topological polar surface area (TPSA) is 67.1 Å². The molecule has 5 nitrogen and oxygen atoms in total. The second-order valence-corrected chi connectivity index (χ2v) is 4.45. The molecule has 2 heterocycles. The summed E-state index contributed by atoms with van der Waals surface area (Å²) < 4.78 is 0. The number of rotatable bonds is 2. The van der Waals surface area contributed by atoms with Gasteiger partial charge in [-0.3, -0.25) is 5.43 Å². The van der Waals surface area contributed by atoms with Gasteiger partial charge in [-0.25, -0.2) is 10.8 Å². The van der Waals surface area contributed by atoms with E-state index in [2.05, 4.69) is 27.2 Å². The van der Waals surface area contributed by atoms with E-state index in [0.717, 1.165) is 12.4 Å². The zero-order chi connectivity index (χ0) is 11.5. The average Bonchev–Trinajstić information content (AvgIpc) is 2.31. The Bertz CT molecular complexity index is 370. The van der Waals surface area contributed by atoms with E-state index in [1.54, 1.807) is 6.20 Å². The van der Waals surface area contributed by atoms with E-state index in [4.69, 9.17) is 17.4 Å². The third-order valence-corrected chi connectivity index (χ3v) is 3.20. The lowest BCUT2D eigenvalue weighted by atomic mass is 10.0. The van der Waals surface area contributed by atoms with Crippen LogP contribution in [0.25, 0.3) is 0 Å². The summed E-state index contributed by atoms with van der Waals surface area (Å²) >= 11 is 6.12. The lowest BCUT2D eigenvalue weighted by Crippen LogP contribution is -2.38. The summed E-state index contributed by atoms with van der Waals surface area (Å²) in [6.45, 7) is 3.18. The molecule has 2 rings (SSSR count). The lowest BCUT2D eigenvalue weighted by Gasteiger charge is -2.34. The zero-order valence-corrected chi connectivity index (χ0v) is 10.0. The van der Waals surface area contributed by atoms with E-state index in [0.29, 0.717) is 17.0 Å². The molecule has 0 bridgehead atoms. The summed E-state index contributed by atoms with van der Waals surface area (Å²) in [5.41, 5.74) is 2.44. The minimum atomic E-state index is 0.400. The molecule has 1 aliphatic rings. The molecule has 1 atom stereocenters. The summed E-state index contributed by atoms with van der Waals surface area (Å²) in [6.07, 6.45) is 5.20. The first-order valence-electron chi connectivity index (χ1n) is 5.48. The van der Waals surface area contributed by atoms with Crippen molar-refractivity contribution in [3.63, 3.8) is 0 Å². The summed E-state index contributed by atoms with van der Waals surface area (Å²) in [5, 5.41) is 0.577. The van der Waals surface area contributed by atoms with E-state index in [1.807, 2.05) is 0 Å². The van der Waals surface area contributed by atoms with Crippen LogP contribution in [0.1, 0.15) is 26.2 Å². The average molecular weight is 242 g/mol. The van der Waals surface area contributed by atoms with Crippen molar-refractivity contribution < 1.29 is 0 Å².